The van der Waals surface area contributed by atoms with Crippen molar-refractivity contribution in [3.05, 3.63) is 72.3 Å². The molecule has 6 nitrogen and oxygen atoms in total. The Hall–Kier alpha value is -3.64. The molecule has 1 amide bonds. The molecule has 6 heteroatoms. The van der Waals surface area contributed by atoms with E-state index in [1.165, 1.54) is 0 Å². The number of nitrogens with zero attached hydrogens (tertiary/aromatic N) is 2. The number of carbonyl (C=O) groups excluding carboxylic acids is 1. The van der Waals surface area contributed by atoms with Gasteiger partial charge in [-0.2, -0.15) is 0 Å². The number of fused-ring (bicyclic) bond motifs is 3. The summed E-state index contributed by atoms with van der Waals surface area (Å²) >= 11 is 0. The van der Waals surface area contributed by atoms with Crippen LogP contribution >= 0.6 is 0 Å². The molecule has 4 aromatic rings. The maximum absolute atomic E-state index is 13.1. The number of likely N-dealkylation sites (tertiary alicyclic amines) is 1. The van der Waals surface area contributed by atoms with E-state index < -0.39 is 11.7 Å². The van der Waals surface area contributed by atoms with Crippen molar-refractivity contribution in [2.45, 2.75) is 57.8 Å². The molecule has 0 spiro atoms. The van der Waals surface area contributed by atoms with E-state index in [1.54, 1.807) is 12.0 Å². The van der Waals surface area contributed by atoms with Gasteiger partial charge in [-0.1, -0.05) is 36.4 Å². The monoisotopic (exact) mass is 498 g/mol. The molecular weight excluding hydrogens is 464 g/mol. The van der Waals surface area contributed by atoms with Crippen molar-refractivity contribution in [3.63, 3.8) is 0 Å². The van der Waals surface area contributed by atoms with E-state index in [-0.39, 0.29) is 12.1 Å². The molecule has 3 aromatic carbocycles. The fraction of sp³-hybridized carbons (Fsp3) is 0.355. The van der Waals surface area contributed by atoms with Crippen LogP contribution in [0, 0.1) is 0 Å². The molecule has 0 saturated carbocycles. The van der Waals surface area contributed by atoms with Crippen molar-refractivity contribution in [2.24, 2.45) is 0 Å². The molecule has 2 atom stereocenters. The number of carbonyl (C=O) groups is 1. The maximum Gasteiger partial charge on any atom is 0.410 e. The highest BCUT2D eigenvalue weighted by molar-refractivity contribution is 6.07. The van der Waals surface area contributed by atoms with Gasteiger partial charge in [-0.3, -0.25) is 0 Å². The summed E-state index contributed by atoms with van der Waals surface area (Å²) in [6, 6.07) is 21.6. The van der Waals surface area contributed by atoms with Gasteiger partial charge < -0.3 is 19.5 Å². The van der Waals surface area contributed by atoms with Crippen LogP contribution in [0.1, 0.15) is 51.7 Å². The molecule has 0 aliphatic carbocycles. The molecule has 0 bridgehead atoms. The SMILES string of the molecule is COc1ccc(-c2cc(C(O)C3CCCCN3C(=O)OC(C)(C)C)c3ccc4ccccc4c3n2)cc1. The highest BCUT2D eigenvalue weighted by Gasteiger charge is 2.36. The zero-order chi connectivity index (χ0) is 26.2. The number of hydrogen-bond acceptors (Lipinski definition) is 5. The third kappa shape index (κ3) is 5.12. The number of pyridine rings is 1. The van der Waals surface area contributed by atoms with E-state index in [0.717, 1.165) is 57.1 Å². The van der Waals surface area contributed by atoms with Crippen LogP contribution < -0.4 is 4.74 Å². The van der Waals surface area contributed by atoms with E-state index in [4.69, 9.17) is 14.5 Å². The van der Waals surface area contributed by atoms with Gasteiger partial charge in [0.15, 0.2) is 0 Å². The number of methoxy groups -OCH3 is 1. The molecule has 2 heterocycles. The minimum absolute atomic E-state index is 0.379. The highest BCUT2D eigenvalue weighted by atomic mass is 16.6. The summed E-state index contributed by atoms with van der Waals surface area (Å²) in [4.78, 5) is 19.9. The number of aliphatic hydroxyl groups excluding tert-OH is 1. The topological polar surface area (TPSA) is 71.9 Å². The van der Waals surface area contributed by atoms with Crippen molar-refractivity contribution in [1.82, 2.24) is 9.88 Å². The summed E-state index contributed by atoms with van der Waals surface area (Å²) in [5.41, 5.74) is 2.69. The van der Waals surface area contributed by atoms with Crippen molar-refractivity contribution >= 4 is 27.8 Å². The summed E-state index contributed by atoms with van der Waals surface area (Å²) in [6.45, 7) is 6.16. The first-order valence-electron chi connectivity index (χ1n) is 12.9. The Morgan fingerprint density at radius 2 is 1.78 bits per heavy atom. The lowest BCUT2D eigenvalue weighted by Crippen LogP contribution is -2.48. The molecule has 37 heavy (non-hydrogen) atoms. The van der Waals surface area contributed by atoms with Crippen LogP contribution in [-0.2, 0) is 4.74 Å². The van der Waals surface area contributed by atoms with Gasteiger partial charge in [-0.05, 0) is 81.3 Å². The standard InChI is InChI=1S/C31H34N2O4/c1-31(2,3)37-30(35)33-18-8-7-11-27(33)29(34)25-19-26(21-12-15-22(36-4)16-13-21)32-28-23-10-6-5-9-20(23)14-17-24(25)28/h5-6,9-10,12-17,19,27,29,34H,7-8,11,18H2,1-4H3. The van der Waals surface area contributed by atoms with E-state index in [0.29, 0.717) is 13.0 Å². The molecule has 1 aliphatic heterocycles. The van der Waals surface area contributed by atoms with Gasteiger partial charge in [0, 0.05) is 22.9 Å². The van der Waals surface area contributed by atoms with Gasteiger partial charge in [0.05, 0.1) is 24.4 Å². The van der Waals surface area contributed by atoms with E-state index in [9.17, 15) is 9.90 Å². The number of ether oxygens (including phenoxy) is 2. The maximum atomic E-state index is 13.1. The first kappa shape index (κ1) is 25.0. The number of piperidine rings is 1. The molecule has 5 rings (SSSR count). The second-order valence-corrected chi connectivity index (χ2v) is 10.7. The van der Waals surface area contributed by atoms with Crippen molar-refractivity contribution in [3.8, 4) is 17.0 Å². The first-order chi connectivity index (χ1) is 17.7. The zero-order valence-electron chi connectivity index (χ0n) is 21.9. The minimum Gasteiger partial charge on any atom is -0.497 e. The molecule has 2 unspecified atom stereocenters. The number of aliphatic hydroxyl groups is 1. The minimum atomic E-state index is -0.892. The second kappa shape index (κ2) is 10.0. The van der Waals surface area contributed by atoms with E-state index in [1.807, 2.05) is 69.3 Å². The van der Waals surface area contributed by atoms with Crippen LogP contribution in [0.3, 0.4) is 0 Å². The average Bonchev–Trinajstić information content (AvgIpc) is 2.91. The zero-order valence-corrected chi connectivity index (χ0v) is 21.9. The third-order valence-electron chi connectivity index (χ3n) is 6.98. The van der Waals surface area contributed by atoms with Gasteiger partial charge in [-0.15, -0.1) is 0 Å². The Morgan fingerprint density at radius 1 is 1.03 bits per heavy atom. The van der Waals surface area contributed by atoms with Crippen LogP contribution in [-0.4, -0.2) is 46.4 Å². The quantitative estimate of drug-likeness (QED) is 0.310. The van der Waals surface area contributed by atoms with Gasteiger partial charge in [0.1, 0.15) is 17.5 Å². The molecular formula is C31H34N2O4. The molecule has 1 aromatic heterocycles. The number of aromatic nitrogens is 1. The Balaban J connectivity index is 1.65. The molecule has 1 saturated heterocycles. The summed E-state index contributed by atoms with van der Waals surface area (Å²) in [5, 5.41) is 14.9. The van der Waals surface area contributed by atoms with Gasteiger partial charge in [0.2, 0.25) is 0 Å². The van der Waals surface area contributed by atoms with Crippen LogP contribution in [0.4, 0.5) is 4.79 Å². The second-order valence-electron chi connectivity index (χ2n) is 10.7. The Kier molecular flexibility index (Phi) is 6.78. The molecule has 1 aliphatic rings. The van der Waals surface area contributed by atoms with Crippen molar-refractivity contribution in [2.75, 3.05) is 13.7 Å². The fourth-order valence-electron chi connectivity index (χ4n) is 5.18. The number of benzene rings is 3. The molecule has 192 valence electrons. The summed E-state index contributed by atoms with van der Waals surface area (Å²) in [7, 11) is 1.64. The van der Waals surface area contributed by atoms with E-state index >= 15 is 0 Å². The lowest BCUT2D eigenvalue weighted by molar-refractivity contribution is -0.0166. The van der Waals surface area contributed by atoms with Gasteiger partial charge >= 0.3 is 6.09 Å². The molecule has 1 N–H and O–H groups in total. The van der Waals surface area contributed by atoms with Crippen LogP contribution in [0.5, 0.6) is 5.75 Å². The predicted molar refractivity (Wildman–Crippen MR) is 147 cm³/mol. The van der Waals surface area contributed by atoms with Crippen LogP contribution in [0.15, 0.2) is 66.7 Å². The molecule has 1 fully saturated rings. The summed E-state index contributed by atoms with van der Waals surface area (Å²) < 4.78 is 11.0. The largest absolute Gasteiger partial charge is 0.497 e. The van der Waals surface area contributed by atoms with E-state index in [2.05, 4.69) is 18.2 Å². The predicted octanol–water partition coefficient (Wildman–Crippen LogP) is 6.89. The number of amides is 1. The summed E-state index contributed by atoms with van der Waals surface area (Å²) in [6.07, 6.45) is 1.27. The Labute approximate surface area is 217 Å². The average molecular weight is 499 g/mol. The summed E-state index contributed by atoms with van der Waals surface area (Å²) in [5.74, 6) is 0.769. The van der Waals surface area contributed by atoms with Gasteiger partial charge in [-0.25, -0.2) is 9.78 Å². The number of rotatable bonds is 4. The van der Waals surface area contributed by atoms with Crippen LogP contribution in [0.2, 0.25) is 0 Å². The third-order valence-corrected chi connectivity index (χ3v) is 6.98. The Morgan fingerprint density at radius 3 is 2.51 bits per heavy atom. The first-order valence-corrected chi connectivity index (χ1v) is 12.9. The fourth-order valence-corrected chi connectivity index (χ4v) is 5.18. The van der Waals surface area contributed by atoms with Crippen molar-refractivity contribution in [1.29, 1.82) is 0 Å². The number of hydrogen-bond donors (Lipinski definition) is 1. The lowest BCUT2D eigenvalue weighted by Gasteiger charge is -2.39. The lowest BCUT2D eigenvalue weighted by atomic mass is 9.89. The Bertz CT molecular complexity index is 1430. The van der Waals surface area contributed by atoms with Crippen LogP contribution in [0.25, 0.3) is 32.9 Å². The van der Waals surface area contributed by atoms with Gasteiger partial charge in [0.25, 0.3) is 0 Å². The normalized spacial score (nSPS) is 17.1. The molecule has 0 radical (unpaired) electrons. The van der Waals surface area contributed by atoms with Crippen molar-refractivity contribution < 1.29 is 19.4 Å². The smallest absolute Gasteiger partial charge is 0.410 e. The highest BCUT2D eigenvalue weighted by Crippen LogP contribution is 2.37.